The molecule has 0 rings (SSSR count). The van der Waals surface area contributed by atoms with Gasteiger partial charge in [-0.1, -0.05) is 0 Å². The Hall–Kier alpha value is 2.14. The Labute approximate surface area is 111 Å². The van der Waals surface area contributed by atoms with Crippen LogP contribution in [0.25, 0.3) is 0 Å². The van der Waals surface area contributed by atoms with Gasteiger partial charge in [0.15, 0.2) is 0 Å². The van der Waals surface area contributed by atoms with Crippen LogP contribution in [0.1, 0.15) is 0 Å². The Bertz CT molecular complexity index is 240. The summed E-state index contributed by atoms with van der Waals surface area (Å²) in [6, 6.07) is 0. The Morgan fingerprint density at radius 3 is 1.00 bits per heavy atom. The van der Waals surface area contributed by atoms with Gasteiger partial charge in [-0.15, -0.1) is 0 Å². The third kappa shape index (κ3) is 18.8. The van der Waals surface area contributed by atoms with E-state index in [4.69, 9.17) is 8.32 Å². The van der Waals surface area contributed by atoms with E-state index >= 15 is 0 Å². The minimum atomic E-state index is -5.76. The van der Waals surface area contributed by atoms with Crippen LogP contribution in [-0.4, -0.2) is 67.4 Å². The maximum absolute atomic E-state index is 9.53. The molecule has 11 heavy (non-hydrogen) atoms. The van der Waals surface area contributed by atoms with E-state index in [0.29, 0.717) is 0 Å². The van der Waals surface area contributed by atoms with Crippen molar-refractivity contribution in [3.8, 4) is 0 Å². The van der Waals surface area contributed by atoms with Crippen molar-refractivity contribution in [2.75, 3.05) is 0 Å². The first-order valence-electron chi connectivity index (χ1n) is 1.37. The summed E-state index contributed by atoms with van der Waals surface area (Å²) in [5, 5.41) is 0. The Kier molecular flexibility index (Phi) is 11.3. The van der Waals surface area contributed by atoms with E-state index < -0.39 is 27.2 Å². The van der Waals surface area contributed by atoms with Gasteiger partial charge in [-0.05, 0) is 0 Å². The zero-order chi connectivity index (χ0) is 7.71. The third-order valence-corrected chi connectivity index (χ3v) is 2.92. The normalized spacial score (nSPS) is 11.1. The maximum atomic E-state index is 9.53. The molecule has 0 bridgehead atoms. The summed E-state index contributed by atoms with van der Waals surface area (Å²) in [6.45, 7) is 0. The first-order valence-corrected chi connectivity index (χ1v) is 5.63. The molecular formula is H2Cr2Na2O7. The molecule has 0 spiro atoms. The fourth-order valence-electron chi connectivity index (χ4n) is 0.109. The van der Waals surface area contributed by atoms with Gasteiger partial charge in [0, 0.05) is 59.1 Å². The van der Waals surface area contributed by atoms with E-state index in [1.165, 1.54) is 0 Å². The summed E-state index contributed by atoms with van der Waals surface area (Å²) in [7, 11) is 0. The van der Waals surface area contributed by atoms with E-state index in [1.807, 2.05) is 0 Å². The molecule has 0 aromatic rings. The minimum absolute atomic E-state index is 0. The summed E-state index contributed by atoms with van der Waals surface area (Å²) in [6.07, 6.45) is 0. The molecule has 0 aromatic heterocycles. The van der Waals surface area contributed by atoms with Crippen molar-refractivity contribution in [3.63, 3.8) is 0 Å². The van der Waals surface area contributed by atoms with Gasteiger partial charge in [0.2, 0.25) is 0 Å². The van der Waals surface area contributed by atoms with Crippen LogP contribution in [0.4, 0.5) is 0 Å². The van der Waals surface area contributed by atoms with Gasteiger partial charge < -0.3 is 0 Å². The van der Waals surface area contributed by atoms with Gasteiger partial charge in [-0.2, -0.15) is 0 Å². The SMILES string of the molecule is [Na].[Na].[O]=[Cr](=[O])([OH])[O][Cr](=[O])(=[O])[OH]. The fourth-order valence-corrected chi connectivity index (χ4v) is 1.85. The van der Waals surface area contributed by atoms with Crippen molar-refractivity contribution in [2.24, 2.45) is 0 Å². The molecule has 2 radical (unpaired) electrons. The molecule has 0 unspecified atom stereocenters. The van der Waals surface area contributed by atoms with Gasteiger partial charge in [0.25, 0.3) is 0 Å². The number of rotatable bonds is 2. The molecule has 2 N–H and O–H groups in total. The predicted octanol–water partition coefficient (Wildman–Crippen LogP) is -2.42. The number of hydrogen-bond donors (Lipinski definition) is 2. The zero-order valence-electron chi connectivity index (χ0n) is 5.75. The van der Waals surface area contributed by atoms with Crippen LogP contribution in [0, 0.1) is 0 Å². The molecule has 0 atom stereocenters. The second-order valence-electron chi connectivity index (χ2n) is 0.924. The molecule has 11 heteroatoms. The van der Waals surface area contributed by atoms with Gasteiger partial charge in [-0.25, -0.2) is 0 Å². The first kappa shape index (κ1) is 18.8. The van der Waals surface area contributed by atoms with Crippen LogP contribution < -0.4 is 0 Å². The second kappa shape index (κ2) is 6.58. The topological polar surface area (TPSA) is 118 Å². The van der Waals surface area contributed by atoms with Crippen LogP contribution >= 0.6 is 0 Å². The summed E-state index contributed by atoms with van der Waals surface area (Å²) in [5.74, 6) is 0. The van der Waals surface area contributed by atoms with Crippen LogP contribution in [0.2, 0.25) is 0 Å². The van der Waals surface area contributed by atoms with Gasteiger partial charge in [0.05, 0.1) is 0 Å². The average molecular weight is 264 g/mol. The third-order valence-electron chi connectivity index (χ3n) is 0.172. The summed E-state index contributed by atoms with van der Waals surface area (Å²) in [5.41, 5.74) is 0. The van der Waals surface area contributed by atoms with Crippen LogP contribution in [-0.2, 0) is 45.3 Å². The van der Waals surface area contributed by atoms with Crippen LogP contribution in [0.3, 0.4) is 0 Å². The fraction of sp³-hybridized carbons (Fsp3) is 0. The van der Waals surface area contributed by atoms with Crippen LogP contribution in [0.5, 0.6) is 0 Å². The molecule has 0 aliphatic heterocycles. The monoisotopic (exact) mass is 264 g/mol. The quantitative estimate of drug-likeness (QED) is 0.532. The van der Waals surface area contributed by atoms with Gasteiger partial charge >= 0.3 is 53.6 Å². The van der Waals surface area contributed by atoms with E-state index in [9.17, 15) is 15.2 Å². The molecule has 0 saturated carbocycles. The van der Waals surface area contributed by atoms with Crippen molar-refractivity contribution in [1.82, 2.24) is 0 Å². The van der Waals surface area contributed by atoms with Crippen LogP contribution in [0.15, 0.2) is 0 Å². The van der Waals surface area contributed by atoms with E-state index in [2.05, 4.69) is 2.84 Å². The molecule has 0 aliphatic carbocycles. The van der Waals surface area contributed by atoms with Crippen molar-refractivity contribution >= 4 is 59.1 Å². The summed E-state index contributed by atoms with van der Waals surface area (Å²) < 4.78 is 56.3. The number of hydrogen-bond acceptors (Lipinski definition) is 5. The van der Waals surface area contributed by atoms with Crippen molar-refractivity contribution in [2.45, 2.75) is 0 Å². The van der Waals surface area contributed by atoms with Gasteiger partial charge in [-0.3, -0.25) is 0 Å². The zero-order valence-corrected chi connectivity index (χ0v) is 12.3. The molecule has 0 aromatic carbocycles. The first-order chi connectivity index (χ1) is 3.71. The molecule has 58 valence electrons. The summed E-state index contributed by atoms with van der Waals surface area (Å²) >= 11 is -11.5. The van der Waals surface area contributed by atoms with E-state index in [1.54, 1.807) is 0 Å². The molecule has 0 amide bonds. The second-order valence-corrected chi connectivity index (χ2v) is 4.68. The Morgan fingerprint density at radius 1 is 0.818 bits per heavy atom. The Balaban J connectivity index is -0.000000320. The molecule has 0 saturated heterocycles. The summed E-state index contributed by atoms with van der Waals surface area (Å²) in [4.78, 5) is 0. The van der Waals surface area contributed by atoms with Gasteiger partial charge in [0.1, 0.15) is 0 Å². The van der Waals surface area contributed by atoms with E-state index in [-0.39, 0.29) is 59.1 Å². The van der Waals surface area contributed by atoms with Crippen molar-refractivity contribution in [3.05, 3.63) is 0 Å². The molecular weight excluding hydrogens is 262 g/mol. The predicted molar refractivity (Wildman–Crippen MR) is 19.8 cm³/mol. The van der Waals surface area contributed by atoms with Crippen molar-refractivity contribution < 1.29 is 53.6 Å². The average Bonchev–Trinajstić information content (AvgIpc) is 1.14. The molecule has 7 nitrogen and oxygen atoms in total. The molecule has 0 aliphatic rings. The standard InChI is InChI=1S/2Cr.2Na.2H2O.5O/h;;;;2*1H2;;;;;/q2*+1;;;;;;;;;/p-2. The van der Waals surface area contributed by atoms with Crippen molar-refractivity contribution in [1.29, 1.82) is 0 Å². The van der Waals surface area contributed by atoms with E-state index in [0.717, 1.165) is 0 Å². The molecule has 0 heterocycles. The Morgan fingerprint density at radius 2 is 1.00 bits per heavy atom. The molecule has 0 fully saturated rings.